The van der Waals surface area contributed by atoms with E-state index < -0.39 is 0 Å². The summed E-state index contributed by atoms with van der Waals surface area (Å²) in [6, 6.07) is 1.85. The highest BCUT2D eigenvalue weighted by molar-refractivity contribution is 6.31. The van der Waals surface area contributed by atoms with E-state index in [1.807, 2.05) is 31.5 Å². The molecular formula is C14H20ClN5O. The second-order valence-electron chi connectivity index (χ2n) is 4.94. The quantitative estimate of drug-likeness (QED) is 0.890. The van der Waals surface area contributed by atoms with Gasteiger partial charge in [0.2, 0.25) is 5.91 Å². The zero-order valence-corrected chi connectivity index (χ0v) is 13.3. The van der Waals surface area contributed by atoms with E-state index in [0.29, 0.717) is 18.0 Å². The van der Waals surface area contributed by atoms with E-state index in [-0.39, 0.29) is 11.9 Å². The highest BCUT2D eigenvalue weighted by Gasteiger charge is 2.13. The van der Waals surface area contributed by atoms with Gasteiger partial charge in [-0.2, -0.15) is 10.2 Å². The van der Waals surface area contributed by atoms with Crippen molar-refractivity contribution >= 4 is 17.5 Å². The Kier molecular flexibility index (Phi) is 5.01. The highest BCUT2D eigenvalue weighted by Crippen LogP contribution is 2.13. The van der Waals surface area contributed by atoms with Gasteiger partial charge in [-0.15, -0.1) is 0 Å². The third-order valence-corrected chi connectivity index (χ3v) is 3.70. The van der Waals surface area contributed by atoms with Crippen LogP contribution in [-0.4, -0.2) is 25.5 Å². The molecule has 0 aromatic carbocycles. The number of hydrogen-bond acceptors (Lipinski definition) is 3. The normalized spacial score (nSPS) is 12.4. The molecule has 2 aromatic rings. The number of aromatic nitrogens is 4. The van der Waals surface area contributed by atoms with Crippen LogP contribution in [0.5, 0.6) is 0 Å². The van der Waals surface area contributed by atoms with Crippen LogP contribution in [0.25, 0.3) is 0 Å². The van der Waals surface area contributed by atoms with Crippen molar-refractivity contribution < 1.29 is 4.79 Å². The SMILES string of the molecule is CCn1nccc1C(C)NC(=O)CCn1cc(Cl)c(C)n1. The van der Waals surface area contributed by atoms with E-state index in [2.05, 4.69) is 15.5 Å². The Morgan fingerprint density at radius 3 is 2.90 bits per heavy atom. The van der Waals surface area contributed by atoms with Crippen molar-refractivity contribution in [2.24, 2.45) is 0 Å². The standard InChI is InChI=1S/C14H20ClN5O/c1-4-20-13(5-7-16-20)11(3)17-14(21)6-8-19-9-12(15)10(2)18-19/h5,7,9,11H,4,6,8H2,1-3H3,(H,17,21). The summed E-state index contributed by atoms with van der Waals surface area (Å²) in [5.74, 6) is -0.0179. The van der Waals surface area contributed by atoms with Gasteiger partial charge in [0.1, 0.15) is 0 Å². The number of nitrogens with zero attached hydrogens (tertiary/aromatic N) is 4. The molecule has 0 saturated carbocycles. The van der Waals surface area contributed by atoms with Crippen LogP contribution in [0.4, 0.5) is 0 Å². The molecule has 7 heteroatoms. The maximum atomic E-state index is 12.0. The van der Waals surface area contributed by atoms with Crippen molar-refractivity contribution in [2.75, 3.05) is 0 Å². The molecule has 0 aliphatic rings. The topological polar surface area (TPSA) is 64.7 Å². The lowest BCUT2D eigenvalue weighted by atomic mass is 10.2. The van der Waals surface area contributed by atoms with Gasteiger partial charge in [-0.25, -0.2) is 0 Å². The first kappa shape index (κ1) is 15.6. The first-order valence-electron chi connectivity index (χ1n) is 7.02. The Morgan fingerprint density at radius 2 is 2.29 bits per heavy atom. The lowest BCUT2D eigenvalue weighted by molar-refractivity contribution is -0.122. The number of nitrogens with one attached hydrogen (secondary N) is 1. The Bertz CT molecular complexity index is 599. The van der Waals surface area contributed by atoms with Crippen molar-refractivity contribution in [3.05, 3.63) is 34.9 Å². The molecule has 0 bridgehead atoms. The molecule has 2 rings (SSSR count). The van der Waals surface area contributed by atoms with E-state index in [1.54, 1.807) is 17.1 Å². The van der Waals surface area contributed by atoms with E-state index in [0.717, 1.165) is 17.9 Å². The van der Waals surface area contributed by atoms with Gasteiger partial charge >= 0.3 is 0 Å². The molecule has 0 fully saturated rings. The molecule has 0 saturated heterocycles. The number of carbonyl (C=O) groups excluding carboxylic acids is 1. The molecule has 2 heterocycles. The first-order valence-corrected chi connectivity index (χ1v) is 7.39. The van der Waals surface area contributed by atoms with Gasteiger partial charge in [0.05, 0.1) is 22.5 Å². The molecule has 1 atom stereocenters. The number of aryl methyl sites for hydroxylation is 3. The predicted molar refractivity (Wildman–Crippen MR) is 81.0 cm³/mol. The monoisotopic (exact) mass is 309 g/mol. The van der Waals surface area contributed by atoms with Gasteiger partial charge in [0, 0.05) is 31.9 Å². The van der Waals surface area contributed by atoms with Crippen LogP contribution in [0.3, 0.4) is 0 Å². The molecule has 21 heavy (non-hydrogen) atoms. The van der Waals surface area contributed by atoms with Gasteiger partial charge < -0.3 is 5.32 Å². The fraction of sp³-hybridized carbons (Fsp3) is 0.500. The van der Waals surface area contributed by atoms with Crippen LogP contribution in [0, 0.1) is 6.92 Å². The fourth-order valence-electron chi connectivity index (χ4n) is 2.19. The second-order valence-corrected chi connectivity index (χ2v) is 5.34. The summed E-state index contributed by atoms with van der Waals surface area (Å²) >= 11 is 5.94. The van der Waals surface area contributed by atoms with E-state index in [1.165, 1.54) is 0 Å². The fourth-order valence-corrected chi connectivity index (χ4v) is 2.34. The van der Waals surface area contributed by atoms with Crippen LogP contribution < -0.4 is 5.32 Å². The van der Waals surface area contributed by atoms with Crippen molar-refractivity contribution in [3.8, 4) is 0 Å². The van der Waals surface area contributed by atoms with Crippen molar-refractivity contribution in [1.29, 1.82) is 0 Å². The molecule has 0 aliphatic carbocycles. The summed E-state index contributed by atoms with van der Waals surface area (Å²) in [4.78, 5) is 12.0. The zero-order valence-electron chi connectivity index (χ0n) is 12.5. The molecule has 0 spiro atoms. The molecule has 114 valence electrons. The van der Waals surface area contributed by atoms with Gasteiger partial charge in [0.25, 0.3) is 0 Å². The highest BCUT2D eigenvalue weighted by atomic mass is 35.5. The minimum atomic E-state index is -0.0668. The lowest BCUT2D eigenvalue weighted by Crippen LogP contribution is -2.29. The molecule has 2 aromatic heterocycles. The molecule has 1 N–H and O–H groups in total. The molecule has 1 unspecified atom stereocenters. The summed E-state index contributed by atoms with van der Waals surface area (Å²) < 4.78 is 3.57. The average molecular weight is 310 g/mol. The van der Waals surface area contributed by atoms with Crippen LogP contribution in [-0.2, 0) is 17.9 Å². The molecule has 1 amide bonds. The summed E-state index contributed by atoms with van der Waals surface area (Å²) in [6.07, 6.45) is 3.85. The van der Waals surface area contributed by atoms with Crippen LogP contribution in [0.15, 0.2) is 18.5 Å². The Balaban J connectivity index is 1.87. The summed E-state index contributed by atoms with van der Waals surface area (Å²) in [5.41, 5.74) is 1.78. The minimum absolute atomic E-state index is 0.0179. The van der Waals surface area contributed by atoms with E-state index >= 15 is 0 Å². The summed E-state index contributed by atoms with van der Waals surface area (Å²) in [5, 5.41) is 12.0. The molecular weight excluding hydrogens is 290 g/mol. The summed E-state index contributed by atoms with van der Waals surface area (Å²) in [7, 11) is 0. The number of carbonyl (C=O) groups is 1. The van der Waals surface area contributed by atoms with Crippen LogP contribution in [0.1, 0.15) is 37.7 Å². The Hall–Kier alpha value is -1.82. The predicted octanol–water partition coefficient (Wildman–Crippen LogP) is 2.33. The molecule has 0 aliphatic heterocycles. The van der Waals surface area contributed by atoms with Crippen molar-refractivity contribution in [1.82, 2.24) is 24.9 Å². The molecule has 0 radical (unpaired) electrons. The van der Waals surface area contributed by atoms with Gasteiger partial charge in [0.15, 0.2) is 0 Å². The minimum Gasteiger partial charge on any atom is -0.348 e. The number of rotatable bonds is 6. The van der Waals surface area contributed by atoms with E-state index in [9.17, 15) is 4.79 Å². The average Bonchev–Trinajstić information content (AvgIpc) is 3.03. The lowest BCUT2D eigenvalue weighted by Gasteiger charge is -2.15. The Labute approximate surface area is 129 Å². The smallest absolute Gasteiger partial charge is 0.222 e. The van der Waals surface area contributed by atoms with Crippen molar-refractivity contribution in [3.63, 3.8) is 0 Å². The van der Waals surface area contributed by atoms with Gasteiger partial charge in [-0.05, 0) is 26.8 Å². The van der Waals surface area contributed by atoms with Crippen LogP contribution in [0.2, 0.25) is 5.02 Å². The number of hydrogen-bond donors (Lipinski definition) is 1. The Morgan fingerprint density at radius 1 is 1.52 bits per heavy atom. The second kappa shape index (κ2) is 6.76. The largest absolute Gasteiger partial charge is 0.348 e. The third kappa shape index (κ3) is 3.85. The third-order valence-electron chi connectivity index (χ3n) is 3.32. The van der Waals surface area contributed by atoms with Gasteiger partial charge in [-0.1, -0.05) is 11.6 Å². The summed E-state index contributed by atoms with van der Waals surface area (Å²) in [6.45, 7) is 7.12. The van der Waals surface area contributed by atoms with E-state index in [4.69, 9.17) is 11.6 Å². The number of amides is 1. The first-order chi connectivity index (χ1) is 10.0. The number of halogens is 1. The maximum absolute atomic E-state index is 12.0. The maximum Gasteiger partial charge on any atom is 0.222 e. The van der Waals surface area contributed by atoms with Gasteiger partial charge in [-0.3, -0.25) is 14.2 Å². The van der Waals surface area contributed by atoms with Crippen LogP contribution >= 0.6 is 11.6 Å². The zero-order chi connectivity index (χ0) is 15.4. The molecule has 6 nitrogen and oxygen atoms in total. The van der Waals surface area contributed by atoms with Crippen molar-refractivity contribution in [2.45, 2.75) is 46.3 Å².